The van der Waals surface area contributed by atoms with E-state index < -0.39 is 40.7 Å². The maximum Gasteiger partial charge on any atom is 0.200 e. The lowest BCUT2D eigenvalue weighted by molar-refractivity contribution is 0.361. The minimum absolute atomic E-state index is 0.189. The Bertz CT molecular complexity index is 568. The second-order valence-electron chi connectivity index (χ2n) is 3.87. The van der Waals surface area contributed by atoms with Gasteiger partial charge in [-0.25, -0.2) is 22.0 Å². The molecule has 0 saturated heterocycles. The molecule has 0 spiro atoms. The first kappa shape index (κ1) is 13.5. The summed E-state index contributed by atoms with van der Waals surface area (Å²) >= 11 is 0. The largest absolute Gasteiger partial charge is 0.469 e. The third-order valence-electron chi connectivity index (χ3n) is 2.62. The van der Waals surface area contributed by atoms with E-state index in [1.165, 1.54) is 18.4 Å². The minimum atomic E-state index is -2.20. The van der Waals surface area contributed by atoms with Gasteiger partial charge in [0.05, 0.1) is 6.26 Å². The van der Waals surface area contributed by atoms with Gasteiger partial charge in [-0.05, 0) is 12.1 Å². The maximum atomic E-state index is 13.5. The van der Waals surface area contributed by atoms with Gasteiger partial charge >= 0.3 is 0 Å². The van der Waals surface area contributed by atoms with E-state index >= 15 is 0 Å². The zero-order chi connectivity index (χ0) is 14.2. The maximum absolute atomic E-state index is 13.5. The molecule has 2 aromatic rings. The Kier molecular flexibility index (Phi) is 3.57. The molecule has 7 heteroatoms. The monoisotopic (exact) mass is 277 g/mol. The third kappa shape index (κ3) is 2.33. The summed E-state index contributed by atoms with van der Waals surface area (Å²) in [7, 11) is 0. The Morgan fingerprint density at radius 3 is 1.95 bits per heavy atom. The first-order valence-electron chi connectivity index (χ1n) is 5.22. The molecule has 1 aromatic carbocycles. The number of rotatable bonds is 3. The topological polar surface area (TPSA) is 39.2 Å². The first-order chi connectivity index (χ1) is 8.93. The van der Waals surface area contributed by atoms with E-state index in [4.69, 9.17) is 10.2 Å². The molecule has 0 amide bonds. The second kappa shape index (κ2) is 5.00. The van der Waals surface area contributed by atoms with Gasteiger partial charge in [-0.2, -0.15) is 0 Å². The zero-order valence-electron chi connectivity index (χ0n) is 9.39. The number of furan rings is 1. The van der Waals surface area contributed by atoms with E-state index in [9.17, 15) is 22.0 Å². The molecule has 0 aliphatic rings. The van der Waals surface area contributed by atoms with Crippen LogP contribution in [0.4, 0.5) is 22.0 Å². The molecular weight excluding hydrogens is 269 g/mol. The van der Waals surface area contributed by atoms with Gasteiger partial charge in [0.2, 0.25) is 5.82 Å². The normalized spacial score (nSPS) is 12.7. The van der Waals surface area contributed by atoms with Crippen LogP contribution in [-0.2, 0) is 6.42 Å². The Morgan fingerprint density at radius 1 is 0.947 bits per heavy atom. The predicted octanol–water partition coefficient (Wildman–Crippen LogP) is 3.22. The highest BCUT2D eigenvalue weighted by Gasteiger charge is 2.29. The SMILES string of the molecule is NC(Cc1ccco1)c1c(F)c(F)c(F)c(F)c1F. The van der Waals surface area contributed by atoms with Gasteiger partial charge in [-0.3, -0.25) is 0 Å². The quantitative estimate of drug-likeness (QED) is 0.531. The van der Waals surface area contributed by atoms with Crippen LogP contribution in [-0.4, -0.2) is 0 Å². The highest BCUT2D eigenvalue weighted by Crippen LogP contribution is 2.28. The van der Waals surface area contributed by atoms with Gasteiger partial charge in [0, 0.05) is 18.0 Å². The van der Waals surface area contributed by atoms with E-state index in [0.29, 0.717) is 0 Å². The fraction of sp³-hybridized carbons (Fsp3) is 0.167. The average Bonchev–Trinajstić information content (AvgIpc) is 2.87. The van der Waals surface area contributed by atoms with Crippen LogP contribution in [0, 0.1) is 29.1 Å². The van der Waals surface area contributed by atoms with Crippen LogP contribution in [0.1, 0.15) is 17.4 Å². The summed E-state index contributed by atoms with van der Waals surface area (Å²) in [4.78, 5) is 0. The Morgan fingerprint density at radius 2 is 1.47 bits per heavy atom. The van der Waals surface area contributed by atoms with Crippen molar-refractivity contribution >= 4 is 0 Å². The summed E-state index contributed by atoms with van der Waals surface area (Å²) in [6.07, 6.45) is 1.12. The van der Waals surface area contributed by atoms with Gasteiger partial charge in [0.15, 0.2) is 23.3 Å². The summed E-state index contributed by atoms with van der Waals surface area (Å²) in [5.74, 6) is -9.79. The van der Waals surface area contributed by atoms with Gasteiger partial charge in [0.1, 0.15) is 5.76 Å². The standard InChI is InChI=1S/C12H8F5NO/c13-8-7(6(18)4-5-2-1-3-19-5)9(14)11(16)12(17)10(8)15/h1-3,6H,4,18H2. The van der Waals surface area contributed by atoms with Crippen molar-refractivity contribution in [2.75, 3.05) is 0 Å². The Hall–Kier alpha value is -1.89. The summed E-state index contributed by atoms with van der Waals surface area (Å²) < 4.78 is 70.7. The molecule has 2 nitrogen and oxygen atoms in total. The van der Waals surface area contributed by atoms with E-state index in [1.54, 1.807) is 0 Å². The van der Waals surface area contributed by atoms with Crippen molar-refractivity contribution in [3.05, 3.63) is 58.8 Å². The second-order valence-corrected chi connectivity index (χ2v) is 3.87. The molecule has 2 rings (SSSR count). The van der Waals surface area contributed by atoms with Crippen LogP contribution in [0.5, 0.6) is 0 Å². The highest BCUT2D eigenvalue weighted by atomic mass is 19.2. The number of benzene rings is 1. The van der Waals surface area contributed by atoms with Crippen molar-refractivity contribution in [2.45, 2.75) is 12.5 Å². The smallest absolute Gasteiger partial charge is 0.200 e. The van der Waals surface area contributed by atoms with Crippen molar-refractivity contribution in [3.63, 3.8) is 0 Å². The first-order valence-corrected chi connectivity index (χ1v) is 5.22. The van der Waals surface area contributed by atoms with Gasteiger partial charge in [-0.1, -0.05) is 0 Å². The molecule has 0 bridgehead atoms. The number of halogens is 5. The van der Waals surface area contributed by atoms with Crippen LogP contribution >= 0.6 is 0 Å². The molecule has 1 aromatic heterocycles. The van der Waals surface area contributed by atoms with Crippen LogP contribution in [0.3, 0.4) is 0 Å². The molecule has 0 saturated carbocycles. The van der Waals surface area contributed by atoms with Gasteiger partial charge in [0.25, 0.3) is 0 Å². The molecule has 1 unspecified atom stereocenters. The van der Waals surface area contributed by atoms with Crippen molar-refractivity contribution < 1.29 is 26.4 Å². The third-order valence-corrected chi connectivity index (χ3v) is 2.62. The predicted molar refractivity (Wildman–Crippen MR) is 55.6 cm³/mol. The van der Waals surface area contributed by atoms with Crippen LogP contribution in [0.15, 0.2) is 22.8 Å². The average molecular weight is 277 g/mol. The Labute approximate surface area is 104 Å². The summed E-state index contributed by atoms with van der Waals surface area (Å²) in [5.41, 5.74) is 4.43. The molecule has 1 atom stereocenters. The van der Waals surface area contributed by atoms with Crippen molar-refractivity contribution in [2.24, 2.45) is 5.73 Å². The molecule has 2 N–H and O–H groups in total. The summed E-state index contributed by atoms with van der Waals surface area (Å²) in [6, 6.07) is 1.59. The lowest BCUT2D eigenvalue weighted by Gasteiger charge is -2.14. The van der Waals surface area contributed by atoms with Crippen LogP contribution < -0.4 is 5.73 Å². The minimum Gasteiger partial charge on any atom is -0.469 e. The molecule has 0 fully saturated rings. The molecule has 1 heterocycles. The van der Waals surface area contributed by atoms with Crippen molar-refractivity contribution in [1.82, 2.24) is 0 Å². The van der Waals surface area contributed by atoms with E-state index in [2.05, 4.69) is 0 Å². The summed E-state index contributed by atoms with van der Waals surface area (Å²) in [6.45, 7) is 0. The fourth-order valence-corrected chi connectivity index (χ4v) is 1.69. The lowest BCUT2D eigenvalue weighted by Crippen LogP contribution is -2.19. The van der Waals surface area contributed by atoms with Gasteiger partial charge in [-0.15, -0.1) is 0 Å². The number of nitrogens with two attached hydrogens (primary N) is 1. The molecule has 0 aliphatic heterocycles. The lowest BCUT2D eigenvalue weighted by atomic mass is 10.0. The zero-order valence-corrected chi connectivity index (χ0v) is 9.39. The number of hydrogen-bond acceptors (Lipinski definition) is 2. The van der Waals surface area contributed by atoms with Crippen molar-refractivity contribution in [1.29, 1.82) is 0 Å². The van der Waals surface area contributed by atoms with Gasteiger partial charge < -0.3 is 10.2 Å². The molecule has 102 valence electrons. The molecule has 0 radical (unpaired) electrons. The molecule has 19 heavy (non-hydrogen) atoms. The van der Waals surface area contributed by atoms with E-state index in [0.717, 1.165) is 0 Å². The highest BCUT2D eigenvalue weighted by molar-refractivity contribution is 5.27. The van der Waals surface area contributed by atoms with Crippen LogP contribution in [0.25, 0.3) is 0 Å². The summed E-state index contributed by atoms with van der Waals surface area (Å²) in [5, 5.41) is 0. The molecular formula is C12H8F5NO. The number of hydrogen-bond donors (Lipinski definition) is 1. The van der Waals surface area contributed by atoms with Crippen LogP contribution in [0.2, 0.25) is 0 Å². The molecule has 0 aliphatic carbocycles. The van der Waals surface area contributed by atoms with E-state index in [-0.39, 0.29) is 12.2 Å². The van der Waals surface area contributed by atoms with Crippen molar-refractivity contribution in [3.8, 4) is 0 Å². The fourth-order valence-electron chi connectivity index (χ4n) is 1.69. The Balaban J connectivity index is 2.44. The van der Waals surface area contributed by atoms with E-state index in [1.807, 2.05) is 0 Å².